The highest BCUT2D eigenvalue weighted by molar-refractivity contribution is 5.93. The average molecular weight is 454 g/mol. The van der Waals surface area contributed by atoms with E-state index in [0.29, 0.717) is 17.8 Å². The number of rotatable bonds is 4. The average Bonchev–Trinajstić information content (AvgIpc) is 3.09. The van der Waals surface area contributed by atoms with Gasteiger partial charge in [-0.15, -0.1) is 0 Å². The van der Waals surface area contributed by atoms with Gasteiger partial charge in [0.2, 0.25) is 0 Å². The molecule has 1 aliphatic carbocycles. The predicted octanol–water partition coefficient (Wildman–Crippen LogP) is 4.29. The molecule has 2 saturated heterocycles. The van der Waals surface area contributed by atoms with Crippen molar-refractivity contribution in [1.82, 2.24) is 25.2 Å². The number of amides is 1. The molecule has 1 aromatic carbocycles. The second-order valence-corrected chi connectivity index (χ2v) is 10.3. The highest BCUT2D eigenvalue weighted by Gasteiger charge is 2.59. The molecule has 1 saturated carbocycles. The zero-order chi connectivity index (χ0) is 23.1. The Labute approximate surface area is 200 Å². The molecule has 174 valence electrons. The number of likely N-dealkylation sites (tertiary alicyclic amines) is 1. The minimum Gasteiger partial charge on any atom is -0.329 e. The predicted molar refractivity (Wildman–Crippen MR) is 131 cm³/mol. The van der Waals surface area contributed by atoms with Crippen LogP contribution in [0.25, 0.3) is 11.3 Å². The first-order chi connectivity index (χ1) is 16.6. The quantitative estimate of drug-likeness (QED) is 0.638. The highest BCUT2D eigenvalue weighted by atomic mass is 16.2. The molecule has 6 nitrogen and oxygen atoms in total. The summed E-state index contributed by atoms with van der Waals surface area (Å²) in [7, 11) is 0. The number of hydrogen-bond donors (Lipinski definition) is 1. The molecule has 3 aliphatic rings. The van der Waals surface area contributed by atoms with Crippen molar-refractivity contribution in [2.45, 2.75) is 69.6 Å². The van der Waals surface area contributed by atoms with Crippen molar-refractivity contribution in [3.05, 3.63) is 78.5 Å². The van der Waals surface area contributed by atoms with Gasteiger partial charge in [-0.1, -0.05) is 56.2 Å². The maximum absolute atomic E-state index is 14.3. The first-order valence-electron chi connectivity index (χ1n) is 12.5. The van der Waals surface area contributed by atoms with E-state index in [-0.39, 0.29) is 23.4 Å². The Kier molecular flexibility index (Phi) is 5.41. The molecule has 1 N–H and O–H groups in total. The second kappa shape index (κ2) is 8.58. The summed E-state index contributed by atoms with van der Waals surface area (Å²) < 4.78 is 0. The lowest BCUT2D eigenvalue weighted by molar-refractivity contribution is 0.00272. The number of nitrogens with zero attached hydrogens (tertiary/aromatic N) is 4. The summed E-state index contributed by atoms with van der Waals surface area (Å²) >= 11 is 0. The Morgan fingerprint density at radius 3 is 2.68 bits per heavy atom. The Hall–Kier alpha value is -3.12. The van der Waals surface area contributed by atoms with Crippen molar-refractivity contribution in [3.8, 4) is 11.3 Å². The van der Waals surface area contributed by atoms with Crippen LogP contribution in [-0.4, -0.2) is 49.9 Å². The molecule has 2 aromatic heterocycles. The minimum absolute atomic E-state index is 0.0462. The van der Waals surface area contributed by atoms with Crippen LogP contribution in [0.5, 0.6) is 0 Å². The van der Waals surface area contributed by atoms with E-state index in [1.165, 1.54) is 31.2 Å². The first kappa shape index (κ1) is 21.4. The van der Waals surface area contributed by atoms with Gasteiger partial charge in [-0.2, -0.15) is 0 Å². The molecule has 34 heavy (non-hydrogen) atoms. The van der Waals surface area contributed by atoms with E-state index in [1.54, 1.807) is 12.4 Å². The Morgan fingerprint density at radius 2 is 1.85 bits per heavy atom. The normalized spacial score (nSPS) is 30.1. The number of carbonyl (C=O) groups excluding carboxylic acids is 1. The van der Waals surface area contributed by atoms with E-state index in [4.69, 9.17) is 4.98 Å². The molecule has 3 aromatic rings. The molecule has 6 heteroatoms. The van der Waals surface area contributed by atoms with Crippen LogP contribution in [0.3, 0.4) is 0 Å². The van der Waals surface area contributed by atoms with E-state index in [1.807, 2.05) is 18.2 Å². The molecule has 5 atom stereocenters. The number of aromatic nitrogens is 3. The van der Waals surface area contributed by atoms with Crippen LogP contribution in [0.15, 0.2) is 67.3 Å². The smallest absolute Gasteiger partial charge is 0.273 e. The van der Waals surface area contributed by atoms with E-state index in [9.17, 15) is 4.79 Å². The second-order valence-electron chi connectivity index (χ2n) is 10.3. The summed E-state index contributed by atoms with van der Waals surface area (Å²) in [5, 5.41) is 3.98. The number of hydrogen-bond acceptors (Lipinski definition) is 5. The minimum atomic E-state index is 0.0462. The summed E-state index contributed by atoms with van der Waals surface area (Å²) in [6, 6.07) is 17.4. The monoisotopic (exact) mass is 453 g/mol. The third-order valence-electron chi connectivity index (χ3n) is 8.36. The van der Waals surface area contributed by atoms with Gasteiger partial charge in [0, 0.05) is 41.5 Å². The van der Waals surface area contributed by atoms with Crippen molar-refractivity contribution in [3.63, 3.8) is 0 Å². The van der Waals surface area contributed by atoms with E-state index in [2.05, 4.69) is 57.4 Å². The summed E-state index contributed by atoms with van der Waals surface area (Å²) in [6.07, 6.45) is 11.6. The van der Waals surface area contributed by atoms with Gasteiger partial charge in [0.1, 0.15) is 12.0 Å². The van der Waals surface area contributed by atoms with E-state index in [0.717, 1.165) is 30.5 Å². The molecule has 0 radical (unpaired) electrons. The van der Waals surface area contributed by atoms with Crippen molar-refractivity contribution >= 4 is 5.91 Å². The molecular formula is C28H31N5O. The largest absolute Gasteiger partial charge is 0.329 e. The molecular weight excluding hydrogens is 422 g/mol. The molecule has 2 bridgehead atoms. The zero-order valence-electron chi connectivity index (χ0n) is 19.6. The van der Waals surface area contributed by atoms with Gasteiger partial charge in [0.15, 0.2) is 0 Å². The molecule has 3 fully saturated rings. The number of piperidine rings is 1. The lowest BCUT2D eigenvalue weighted by atomic mass is 9.69. The third kappa shape index (κ3) is 3.61. The lowest BCUT2D eigenvalue weighted by Gasteiger charge is -2.51. The Bertz CT molecular complexity index is 1170. The summed E-state index contributed by atoms with van der Waals surface area (Å²) in [5.41, 5.74) is 3.44. The number of carbonyl (C=O) groups is 1. The molecule has 0 spiro atoms. The topological polar surface area (TPSA) is 71.0 Å². The number of pyridine rings is 1. The summed E-state index contributed by atoms with van der Waals surface area (Å²) in [5.74, 6) is 0.0462. The van der Waals surface area contributed by atoms with Gasteiger partial charge in [-0.25, -0.2) is 15.0 Å². The van der Waals surface area contributed by atoms with Gasteiger partial charge in [0.25, 0.3) is 5.91 Å². The van der Waals surface area contributed by atoms with Crippen molar-refractivity contribution in [2.24, 2.45) is 5.41 Å². The van der Waals surface area contributed by atoms with E-state index < -0.39 is 0 Å². The summed E-state index contributed by atoms with van der Waals surface area (Å²) in [4.78, 5) is 29.5. The van der Waals surface area contributed by atoms with Crippen LogP contribution in [-0.2, 0) is 6.42 Å². The fraction of sp³-hybridized carbons (Fsp3) is 0.429. The molecule has 4 heterocycles. The number of fused-ring (bicyclic) bond motifs is 1. The van der Waals surface area contributed by atoms with Crippen LogP contribution in [0.4, 0.5) is 0 Å². The van der Waals surface area contributed by atoms with Crippen LogP contribution in [0.1, 0.15) is 55.1 Å². The fourth-order valence-corrected chi connectivity index (χ4v) is 6.72. The number of nitrogens with one attached hydrogen (secondary N) is 1. The third-order valence-corrected chi connectivity index (χ3v) is 8.36. The molecule has 2 aliphatic heterocycles. The van der Waals surface area contributed by atoms with Gasteiger partial charge < -0.3 is 10.2 Å². The van der Waals surface area contributed by atoms with Gasteiger partial charge in [-0.3, -0.25) is 4.79 Å². The van der Waals surface area contributed by atoms with Crippen molar-refractivity contribution in [1.29, 1.82) is 0 Å². The SMILES string of the molecule is C[C@]12C[C@@H]3N[C@H]1CCCC[C@H]2N(C(=O)c1cccc(-c2cncnc2)n1)[C@@H]3Cc1ccccc1. The Balaban J connectivity index is 1.40. The van der Waals surface area contributed by atoms with Crippen LogP contribution in [0, 0.1) is 5.41 Å². The van der Waals surface area contributed by atoms with Crippen LogP contribution < -0.4 is 5.32 Å². The number of benzene rings is 1. The van der Waals surface area contributed by atoms with Crippen molar-refractivity contribution in [2.75, 3.05) is 0 Å². The van der Waals surface area contributed by atoms with Gasteiger partial charge in [0.05, 0.1) is 11.7 Å². The standard InChI is InChI=1S/C28H31N5O/c1-28-15-23-24(14-19-8-3-2-4-9-19)33(26(28)13-6-5-12-25(28)32-23)27(34)22-11-7-10-21(31-22)20-16-29-18-30-17-20/h2-4,7-11,16-18,23-26,32H,5-6,12-15H2,1H3/t23-,24+,25-,26+,28-/m0/s1. The highest BCUT2D eigenvalue weighted by Crippen LogP contribution is 2.51. The summed E-state index contributed by atoms with van der Waals surface area (Å²) in [6.45, 7) is 2.41. The molecule has 6 rings (SSSR count). The fourth-order valence-electron chi connectivity index (χ4n) is 6.72. The van der Waals surface area contributed by atoms with Crippen LogP contribution >= 0.6 is 0 Å². The van der Waals surface area contributed by atoms with Crippen molar-refractivity contribution < 1.29 is 4.79 Å². The van der Waals surface area contributed by atoms with E-state index >= 15 is 0 Å². The van der Waals surface area contributed by atoms with Gasteiger partial charge in [-0.05, 0) is 43.4 Å². The maximum atomic E-state index is 14.3. The van der Waals surface area contributed by atoms with Gasteiger partial charge >= 0.3 is 0 Å². The maximum Gasteiger partial charge on any atom is 0.273 e. The zero-order valence-corrected chi connectivity index (χ0v) is 19.6. The first-order valence-corrected chi connectivity index (χ1v) is 12.5. The molecule has 1 amide bonds. The lowest BCUT2D eigenvalue weighted by Crippen LogP contribution is -2.61. The molecule has 0 unspecified atom stereocenters. The Morgan fingerprint density at radius 1 is 1.06 bits per heavy atom. The van der Waals surface area contributed by atoms with Crippen LogP contribution in [0.2, 0.25) is 0 Å².